The first-order chi connectivity index (χ1) is 17.1. The summed E-state index contributed by atoms with van der Waals surface area (Å²) < 4.78 is 56.9. The van der Waals surface area contributed by atoms with Crippen LogP contribution in [0.3, 0.4) is 0 Å². The number of rotatable bonds is 5. The van der Waals surface area contributed by atoms with Gasteiger partial charge in [0.2, 0.25) is 0 Å². The van der Waals surface area contributed by atoms with E-state index in [1.807, 2.05) is 0 Å². The fourth-order valence-electron chi connectivity index (χ4n) is 3.45. The zero-order chi connectivity index (χ0) is 26.0. The summed E-state index contributed by atoms with van der Waals surface area (Å²) >= 11 is 7.57. The van der Waals surface area contributed by atoms with Gasteiger partial charge in [0.1, 0.15) is 11.9 Å². The molecule has 0 saturated carbocycles. The van der Waals surface area contributed by atoms with Gasteiger partial charge < -0.3 is 15.0 Å². The topological polar surface area (TPSA) is 87.1 Å². The number of benzene rings is 1. The van der Waals surface area contributed by atoms with Crippen LogP contribution in [0.15, 0.2) is 70.8 Å². The maximum atomic E-state index is 13.7. The molecule has 1 N–H and O–H groups in total. The number of amidine groups is 1. The van der Waals surface area contributed by atoms with E-state index in [1.54, 1.807) is 11.6 Å². The summed E-state index contributed by atoms with van der Waals surface area (Å²) in [6.07, 6.45) is 0.890. The van der Waals surface area contributed by atoms with E-state index in [1.165, 1.54) is 47.9 Å². The van der Waals surface area contributed by atoms with Gasteiger partial charge in [-0.3, -0.25) is 14.7 Å². The van der Waals surface area contributed by atoms with Crippen LogP contribution >= 0.6 is 22.9 Å². The summed E-state index contributed by atoms with van der Waals surface area (Å²) in [6.45, 7) is -0.0504. The molecular formula is C22H16ClF4N5O3S. The Bertz CT molecular complexity index is 1290. The van der Waals surface area contributed by atoms with E-state index in [0.29, 0.717) is 21.3 Å². The SMILES string of the molecule is COC(=O)C1=C(CN2C=CN(C(=O)C(F)(F)F)C=C2)NC(c2nccs2)=NC1c1ccc(F)cc1Cl. The second kappa shape index (κ2) is 10.1. The number of aromatic nitrogens is 1. The molecule has 0 saturated heterocycles. The van der Waals surface area contributed by atoms with Crippen LogP contribution in [0.1, 0.15) is 16.6 Å². The molecule has 0 radical (unpaired) electrons. The Labute approximate surface area is 210 Å². The van der Waals surface area contributed by atoms with Crippen molar-refractivity contribution in [3.8, 4) is 0 Å². The maximum absolute atomic E-state index is 13.7. The van der Waals surface area contributed by atoms with Crippen molar-refractivity contribution in [2.75, 3.05) is 13.7 Å². The highest BCUT2D eigenvalue weighted by Gasteiger charge is 2.42. The van der Waals surface area contributed by atoms with Gasteiger partial charge in [-0.25, -0.2) is 14.2 Å². The summed E-state index contributed by atoms with van der Waals surface area (Å²) in [4.78, 5) is 35.0. The molecule has 188 valence electrons. The molecule has 36 heavy (non-hydrogen) atoms. The summed E-state index contributed by atoms with van der Waals surface area (Å²) in [5, 5.41) is 5.29. The van der Waals surface area contributed by atoms with E-state index in [9.17, 15) is 27.2 Å². The number of alkyl halides is 3. The van der Waals surface area contributed by atoms with Crippen LogP contribution in [0, 0.1) is 5.82 Å². The Morgan fingerprint density at radius 3 is 2.53 bits per heavy atom. The summed E-state index contributed by atoms with van der Waals surface area (Å²) in [5.41, 5.74) is 0.678. The molecule has 1 aromatic heterocycles. The largest absolute Gasteiger partial charge is 0.472 e. The maximum Gasteiger partial charge on any atom is 0.472 e. The highest BCUT2D eigenvalue weighted by molar-refractivity contribution is 7.11. The number of esters is 1. The number of ether oxygens (including phenoxy) is 1. The number of carbonyl (C=O) groups is 2. The highest BCUT2D eigenvalue weighted by Crippen LogP contribution is 2.37. The lowest BCUT2D eigenvalue weighted by Gasteiger charge is -2.30. The lowest BCUT2D eigenvalue weighted by Crippen LogP contribution is -2.39. The molecule has 2 aliphatic heterocycles. The minimum absolute atomic E-state index is 0.0314. The van der Waals surface area contributed by atoms with Crippen LogP contribution in [-0.2, 0) is 14.3 Å². The van der Waals surface area contributed by atoms with Gasteiger partial charge in [-0.05, 0) is 12.1 Å². The molecule has 0 bridgehead atoms. The number of halogens is 5. The van der Waals surface area contributed by atoms with Gasteiger partial charge in [0, 0.05) is 52.7 Å². The molecule has 1 unspecified atom stereocenters. The van der Waals surface area contributed by atoms with Crippen LogP contribution in [-0.4, -0.2) is 52.3 Å². The lowest BCUT2D eigenvalue weighted by molar-refractivity contribution is -0.180. The summed E-state index contributed by atoms with van der Waals surface area (Å²) in [7, 11) is 1.18. The first kappa shape index (κ1) is 25.4. The smallest absolute Gasteiger partial charge is 0.466 e. The van der Waals surface area contributed by atoms with Gasteiger partial charge in [0.25, 0.3) is 0 Å². The third-order valence-electron chi connectivity index (χ3n) is 5.08. The van der Waals surface area contributed by atoms with Crippen molar-refractivity contribution in [2.24, 2.45) is 4.99 Å². The van der Waals surface area contributed by atoms with Crippen LogP contribution in [0.5, 0.6) is 0 Å². The highest BCUT2D eigenvalue weighted by atomic mass is 35.5. The first-order valence-corrected chi connectivity index (χ1v) is 11.4. The fraction of sp³-hybridized carbons (Fsp3) is 0.182. The molecule has 0 aliphatic carbocycles. The molecule has 0 spiro atoms. The average molecular weight is 542 g/mol. The number of methoxy groups -OCH3 is 1. The molecule has 1 atom stereocenters. The number of nitrogens with zero attached hydrogens (tertiary/aromatic N) is 4. The molecule has 3 heterocycles. The van der Waals surface area contributed by atoms with Crippen LogP contribution < -0.4 is 5.32 Å². The number of thiazole rings is 1. The Balaban J connectivity index is 1.73. The zero-order valence-corrected chi connectivity index (χ0v) is 19.9. The molecule has 2 aliphatic rings. The lowest BCUT2D eigenvalue weighted by atomic mass is 9.95. The molecule has 8 nitrogen and oxygen atoms in total. The molecular weight excluding hydrogens is 526 g/mol. The third kappa shape index (κ3) is 5.26. The Kier molecular flexibility index (Phi) is 7.13. The minimum atomic E-state index is -5.04. The monoisotopic (exact) mass is 541 g/mol. The van der Waals surface area contributed by atoms with Crippen LogP contribution in [0.4, 0.5) is 17.6 Å². The van der Waals surface area contributed by atoms with Gasteiger partial charge in [-0.15, -0.1) is 11.3 Å². The van der Waals surface area contributed by atoms with E-state index in [-0.39, 0.29) is 22.8 Å². The number of carbonyl (C=O) groups excluding carboxylic acids is 2. The van der Waals surface area contributed by atoms with E-state index < -0.39 is 29.9 Å². The van der Waals surface area contributed by atoms with E-state index in [0.717, 1.165) is 18.5 Å². The van der Waals surface area contributed by atoms with Crippen molar-refractivity contribution < 1.29 is 31.9 Å². The number of nitrogens with one attached hydrogen (secondary N) is 1. The standard InChI is InChI=1S/C22H16ClF4N5O3S/c1-35-20(33)16-15(11-31-5-7-32(8-6-31)21(34)22(25,26)27)29-18(19-28-4-9-36-19)30-17(16)13-3-2-12(24)10-14(13)23/h2-10,17H,11H2,1H3,(H,29,30). The van der Waals surface area contributed by atoms with E-state index >= 15 is 0 Å². The number of amides is 1. The predicted octanol–water partition coefficient (Wildman–Crippen LogP) is 4.10. The molecule has 1 aromatic carbocycles. The quantitative estimate of drug-likeness (QED) is 0.453. The normalized spacial score (nSPS) is 17.7. The van der Waals surface area contributed by atoms with Crippen molar-refractivity contribution >= 4 is 40.6 Å². The van der Waals surface area contributed by atoms with Crippen molar-refractivity contribution in [1.29, 1.82) is 0 Å². The molecule has 0 fully saturated rings. The van der Waals surface area contributed by atoms with Crippen molar-refractivity contribution in [2.45, 2.75) is 12.2 Å². The Morgan fingerprint density at radius 1 is 1.22 bits per heavy atom. The Morgan fingerprint density at radius 2 is 1.94 bits per heavy atom. The first-order valence-electron chi connectivity index (χ1n) is 10.1. The number of hydrogen-bond donors (Lipinski definition) is 1. The van der Waals surface area contributed by atoms with Crippen LogP contribution in [0.25, 0.3) is 0 Å². The van der Waals surface area contributed by atoms with Gasteiger partial charge in [-0.2, -0.15) is 13.2 Å². The third-order valence-corrected chi connectivity index (χ3v) is 6.19. The van der Waals surface area contributed by atoms with Gasteiger partial charge in [0.15, 0.2) is 10.8 Å². The number of aliphatic imine (C=N–C) groups is 1. The van der Waals surface area contributed by atoms with Gasteiger partial charge in [-0.1, -0.05) is 17.7 Å². The van der Waals surface area contributed by atoms with Crippen molar-refractivity contribution in [3.05, 3.63) is 87.3 Å². The summed E-state index contributed by atoms with van der Waals surface area (Å²) in [6, 6.07) is 2.67. The summed E-state index contributed by atoms with van der Waals surface area (Å²) in [5.74, 6) is -3.07. The number of hydrogen-bond acceptors (Lipinski definition) is 8. The second-order valence-corrected chi connectivity index (χ2v) is 8.67. The van der Waals surface area contributed by atoms with E-state index in [4.69, 9.17) is 16.3 Å². The molecule has 4 rings (SSSR count). The minimum Gasteiger partial charge on any atom is -0.466 e. The molecule has 2 aromatic rings. The molecule has 1 amide bonds. The second-order valence-electron chi connectivity index (χ2n) is 7.37. The zero-order valence-electron chi connectivity index (χ0n) is 18.3. The predicted molar refractivity (Wildman–Crippen MR) is 123 cm³/mol. The fourth-order valence-corrected chi connectivity index (χ4v) is 4.31. The van der Waals surface area contributed by atoms with Crippen molar-refractivity contribution in [3.63, 3.8) is 0 Å². The van der Waals surface area contributed by atoms with Crippen molar-refractivity contribution in [1.82, 2.24) is 20.1 Å². The van der Waals surface area contributed by atoms with E-state index in [2.05, 4.69) is 15.3 Å². The average Bonchev–Trinajstić information content (AvgIpc) is 3.38. The molecule has 14 heteroatoms. The Hall–Kier alpha value is -3.71. The van der Waals surface area contributed by atoms with Crippen LogP contribution in [0.2, 0.25) is 5.02 Å². The van der Waals surface area contributed by atoms with Gasteiger partial charge >= 0.3 is 18.1 Å². The van der Waals surface area contributed by atoms with Gasteiger partial charge in [0.05, 0.1) is 19.2 Å².